The largest absolute Gasteiger partial charge is 0.490 e. The van der Waals surface area contributed by atoms with E-state index in [-0.39, 0.29) is 12.0 Å². The SMILES string of the molecule is NC(=O)[C@@H](O)C[C@H]1CCc2sc3nc(Nc4ccno4)cc(OC4CCC(N5CCOCC5)CC4)c3c21. The lowest BCUT2D eigenvalue weighted by Crippen LogP contribution is -2.46. The Balaban J connectivity index is 1.27. The maximum absolute atomic E-state index is 11.6. The highest BCUT2D eigenvalue weighted by atomic mass is 32.1. The molecule has 0 aromatic carbocycles. The zero-order valence-electron chi connectivity index (χ0n) is 20.7. The lowest BCUT2D eigenvalue weighted by Gasteiger charge is -2.38. The fourth-order valence-corrected chi connectivity index (χ4v) is 7.32. The number of aromatic nitrogens is 2. The molecule has 3 aromatic rings. The van der Waals surface area contributed by atoms with Crippen molar-refractivity contribution in [1.82, 2.24) is 15.0 Å². The monoisotopic (exact) mass is 527 g/mol. The minimum atomic E-state index is -1.16. The molecule has 1 amide bonds. The van der Waals surface area contributed by atoms with Gasteiger partial charge in [-0.1, -0.05) is 5.16 Å². The summed E-state index contributed by atoms with van der Waals surface area (Å²) in [4.78, 5) is 21.1. The molecule has 2 aliphatic carbocycles. The third-order valence-electron chi connectivity index (χ3n) is 7.89. The Kier molecular flexibility index (Phi) is 7.02. The first-order valence-corrected chi connectivity index (χ1v) is 14.0. The normalized spacial score (nSPS) is 25.2. The molecule has 3 aliphatic rings. The van der Waals surface area contributed by atoms with Gasteiger partial charge in [0.15, 0.2) is 0 Å². The summed E-state index contributed by atoms with van der Waals surface area (Å²) in [6.07, 6.45) is 6.83. The average Bonchev–Trinajstić information content (AvgIpc) is 3.63. The van der Waals surface area contributed by atoms with Crippen molar-refractivity contribution in [2.24, 2.45) is 5.73 Å². The second-order valence-electron chi connectivity index (χ2n) is 10.2. The van der Waals surface area contributed by atoms with Gasteiger partial charge in [0.25, 0.3) is 0 Å². The maximum Gasteiger partial charge on any atom is 0.246 e. The summed E-state index contributed by atoms with van der Waals surface area (Å²) in [6, 6.07) is 4.27. The summed E-state index contributed by atoms with van der Waals surface area (Å²) in [5.41, 5.74) is 6.52. The van der Waals surface area contributed by atoms with Gasteiger partial charge in [0, 0.05) is 36.1 Å². The van der Waals surface area contributed by atoms with Crippen LogP contribution in [0, 0.1) is 0 Å². The molecule has 4 heterocycles. The molecule has 6 rings (SSSR count). The highest BCUT2D eigenvalue weighted by molar-refractivity contribution is 7.19. The van der Waals surface area contributed by atoms with E-state index >= 15 is 0 Å². The van der Waals surface area contributed by atoms with Crippen molar-refractivity contribution in [1.29, 1.82) is 0 Å². The van der Waals surface area contributed by atoms with Crippen LogP contribution in [0.2, 0.25) is 0 Å². The third-order valence-corrected chi connectivity index (χ3v) is 9.05. The fourth-order valence-electron chi connectivity index (χ4n) is 6.03. The molecule has 2 fully saturated rings. The van der Waals surface area contributed by atoms with Gasteiger partial charge in [-0.3, -0.25) is 9.69 Å². The van der Waals surface area contributed by atoms with Crippen LogP contribution >= 0.6 is 11.3 Å². The molecule has 2 atom stereocenters. The number of thiophene rings is 1. The van der Waals surface area contributed by atoms with Gasteiger partial charge >= 0.3 is 0 Å². The number of pyridine rings is 1. The zero-order chi connectivity index (χ0) is 25.4. The predicted octanol–water partition coefficient (Wildman–Crippen LogP) is 3.32. The first-order chi connectivity index (χ1) is 18.0. The standard InChI is InChI=1S/C26H33N5O5S/c27-25(33)18(32)13-15-1-6-20-23(15)24-19(14-21(30-26(24)37-20)29-22-7-8-28-36-22)35-17-4-2-16(3-5-17)31-9-11-34-12-10-31/h7-8,14-18,32H,1-6,9-13H2,(H2,27,33)(H,29,30)/t15-,16?,17?,18+/m1/s1. The quantitative estimate of drug-likeness (QED) is 0.403. The van der Waals surface area contributed by atoms with Crippen LogP contribution in [-0.2, 0) is 16.0 Å². The molecular weight excluding hydrogens is 494 g/mol. The van der Waals surface area contributed by atoms with Crippen LogP contribution in [0.3, 0.4) is 0 Å². The van der Waals surface area contributed by atoms with Crippen molar-refractivity contribution in [3.63, 3.8) is 0 Å². The number of amides is 1. The van der Waals surface area contributed by atoms with Crippen LogP contribution in [0.15, 0.2) is 22.9 Å². The van der Waals surface area contributed by atoms with Crippen molar-refractivity contribution >= 4 is 39.2 Å². The fraction of sp³-hybridized carbons (Fsp3) is 0.577. The average molecular weight is 528 g/mol. The number of aliphatic hydroxyl groups is 1. The number of aliphatic hydroxyl groups excluding tert-OH is 1. The van der Waals surface area contributed by atoms with E-state index in [4.69, 9.17) is 24.7 Å². The Morgan fingerprint density at radius 2 is 2.08 bits per heavy atom. The molecule has 4 N–H and O–H groups in total. The van der Waals surface area contributed by atoms with Gasteiger partial charge in [-0.15, -0.1) is 11.3 Å². The van der Waals surface area contributed by atoms with Crippen molar-refractivity contribution in [2.45, 2.75) is 69.1 Å². The molecule has 0 radical (unpaired) electrons. The van der Waals surface area contributed by atoms with E-state index < -0.39 is 12.0 Å². The lowest BCUT2D eigenvalue weighted by molar-refractivity contribution is -0.126. The second kappa shape index (κ2) is 10.6. The number of primary amides is 1. The van der Waals surface area contributed by atoms with E-state index in [1.54, 1.807) is 23.6 Å². The molecule has 0 unspecified atom stereocenters. The van der Waals surface area contributed by atoms with E-state index in [1.807, 2.05) is 6.07 Å². The number of anilines is 2. The number of hydrogen-bond donors (Lipinski definition) is 3. The van der Waals surface area contributed by atoms with Crippen molar-refractivity contribution in [3.05, 3.63) is 28.8 Å². The molecule has 1 saturated heterocycles. The number of carbonyl (C=O) groups is 1. The predicted molar refractivity (Wildman–Crippen MR) is 139 cm³/mol. The lowest BCUT2D eigenvalue weighted by atomic mass is 9.91. The van der Waals surface area contributed by atoms with Crippen molar-refractivity contribution < 1.29 is 23.9 Å². The van der Waals surface area contributed by atoms with E-state index in [9.17, 15) is 9.90 Å². The van der Waals surface area contributed by atoms with Crippen molar-refractivity contribution in [2.75, 3.05) is 31.6 Å². The maximum atomic E-state index is 11.6. The molecule has 0 bridgehead atoms. The Bertz CT molecular complexity index is 1230. The molecule has 10 nitrogen and oxygen atoms in total. The molecule has 1 aliphatic heterocycles. The first kappa shape index (κ1) is 24.6. The van der Waals surface area contributed by atoms with E-state index in [1.165, 1.54) is 4.88 Å². The second-order valence-corrected chi connectivity index (χ2v) is 11.3. The van der Waals surface area contributed by atoms with Gasteiger partial charge in [-0.2, -0.15) is 0 Å². The highest BCUT2D eigenvalue weighted by Crippen LogP contribution is 2.49. The number of nitrogens with one attached hydrogen (secondary N) is 1. The van der Waals surface area contributed by atoms with Gasteiger partial charge in [0.05, 0.1) is 30.9 Å². The van der Waals surface area contributed by atoms with Crippen LogP contribution < -0.4 is 15.8 Å². The summed E-state index contributed by atoms with van der Waals surface area (Å²) in [6.45, 7) is 3.66. The number of ether oxygens (including phenoxy) is 2. The number of morpholine rings is 1. The van der Waals surface area contributed by atoms with Gasteiger partial charge in [0.2, 0.25) is 11.8 Å². The summed E-state index contributed by atoms with van der Waals surface area (Å²) < 4.78 is 17.5. The molecule has 198 valence electrons. The first-order valence-electron chi connectivity index (χ1n) is 13.1. The number of aryl methyl sites for hydroxylation is 1. The number of fused-ring (bicyclic) bond motifs is 3. The molecule has 37 heavy (non-hydrogen) atoms. The number of rotatable bonds is 8. The minimum absolute atomic E-state index is 0.0422. The van der Waals surface area contributed by atoms with Gasteiger partial charge in [-0.05, 0) is 56.4 Å². The Labute approximate surface area is 219 Å². The number of nitrogens with zero attached hydrogens (tertiary/aromatic N) is 3. The van der Waals surface area contributed by atoms with Crippen LogP contribution in [0.25, 0.3) is 10.2 Å². The minimum Gasteiger partial charge on any atom is -0.490 e. The van der Waals surface area contributed by atoms with Crippen LogP contribution in [0.4, 0.5) is 11.7 Å². The topological polar surface area (TPSA) is 136 Å². The summed E-state index contributed by atoms with van der Waals surface area (Å²) in [7, 11) is 0. The smallest absolute Gasteiger partial charge is 0.246 e. The summed E-state index contributed by atoms with van der Waals surface area (Å²) in [5, 5.41) is 18.2. The number of nitrogens with two attached hydrogens (primary N) is 1. The van der Waals surface area contributed by atoms with Crippen LogP contribution in [0.1, 0.15) is 54.9 Å². The van der Waals surface area contributed by atoms with Gasteiger partial charge < -0.3 is 30.2 Å². The Morgan fingerprint density at radius 3 is 2.81 bits per heavy atom. The third kappa shape index (κ3) is 5.18. The van der Waals surface area contributed by atoms with Gasteiger partial charge in [-0.25, -0.2) is 4.98 Å². The highest BCUT2D eigenvalue weighted by Gasteiger charge is 2.34. The molecule has 3 aromatic heterocycles. The molecular formula is C26H33N5O5S. The molecule has 1 saturated carbocycles. The molecule has 11 heteroatoms. The summed E-state index contributed by atoms with van der Waals surface area (Å²) in [5.74, 6) is 1.30. The Morgan fingerprint density at radius 1 is 1.27 bits per heavy atom. The van der Waals surface area contributed by atoms with Crippen LogP contribution in [0.5, 0.6) is 5.75 Å². The van der Waals surface area contributed by atoms with Crippen molar-refractivity contribution in [3.8, 4) is 5.75 Å². The van der Waals surface area contributed by atoms with E-state index in [2.05, 4.69) is 15.4 Å². The van der Waals surface area contributed by atoms with E-state index in [0.717, 1.165) is 86.4 Å². The molecule has 0 spiro atoms. The van der Waals surface area contributed by atoms with Gasteiger partial charge in [0.1, 0.15) is 22.5 Å². The van der Waals surface area contributed by atoms with E-state index in [0.29, 0.717) is 24.2 Å². The summed E-state index contributed by atoms with van der Waals surface area (Å²) >= 11 is 1.65. The zero-order valence-corrected chi connectivity index (χ0v) is 21.5. The number of carbonyl (C=O) groups excluding carboxylic acids is 1. The van der Waals surface area contributed by atoms with Crippen LogP contribution in [-0.4, -0.2) is 70.6 Å². The Hall–Kier alpha value is -2.73. The number of hydrogen-bond acceptors (Lipinski definition) is 10.